The quantitative estimate of drug-likeness (QED) is 0.326. The molecule has 2 amide bonds. The van der Waals surface area contributed by atoms with E-state index in [4.69, 9.17) is 26.1 Å². The fourth-order valence-electron chi connectivity index (χ4n) is 5.08. The van der Waals surface area contributed by atoms with Gasteiger partial charge in [0, 0.05) is 35.8 Å². The van der Waals surface area contributed by atoms with Gasteiger partial charge in [-0.3, -0.25) is 4.90 Å². The van der Waals surface area contributed by atoms with Crippen LogP contribution in [-0.4, -0.2) is 62.0 Å². The van der Waals surface area contributed by atoms with E-state index in [0.29, 0.717) is 41.3 Å². The molecule has 3 aromatic rings. The predicted octanol–water partition coefficient (Wildman–Crippen LogP) is 7.01. The number of rotatable bonds is 6. The highest BCUT2D eigenvalue weighted by Gasteiger charge is 2.32. The van der Waals surface area contributed by atoms with Crippen LogP contribution in [0.1, 0.15) is 84.3 Å². The van der Waals surface area contributed by atoms with Gasteiger partial charge in [0.05, 0.1) is 12.7 Å². The fourth-order valence-corrected chi connectivity index (χ4v) is 5.30. The maximum atomic E-state index is 13.7. The van der Waals surface area contributed by atoms with Gasteiger partial charge < -0.3 is 19.7 Å². The Hall–Kier alpha value is -3.53. The first kappa shape index (κ1) is 29.9. The molecule has 0 spiro atoms. The lowest BCUT2D eigenvalue weighted by Gasteiger charge is -2.34. The van der Waals surface area contributed by atoms with Gasteiger partial charge in [-0.1, -0.05) is 23.7 Å². The van der Waals surface area contributed by atoms with Gasteiger partial charge in [-0.2, -0.15) is 9.61 Å². The number of hydrogen-bond donors (Lipinski definition) is 1. The number of benzene rings is 1. The monoisotopic (exact) mass is 596 g/mol. The molecule has 1 aliphatic heterocycles. The van der Waals surface area contributed by atoms with Crippen LogP contribution in [0.15, 0.2) is 36.5 Å². The van der Waals surface area contributed by atoms with Gasteiger partial charge in [-0.05, 0) is 90.8 Å². The summed E-state index contributed by atoms with van der Waals surface area (Å²) in [6, 6.07) is 9.21. The fraction of sp³-hybridized carbons (Fsp3) is 0.548. The maximum absolute atomic E-state index is 13.7. The van der Waals surface area contributed by atoms with Gasteiger partial charge in [0.2, 0.25) is 0 Å². The van der Waals surface area contributed by atoms with E-state index in [1.54, 1.807) is 20.4 Å². The van der Waals surface area contributed by atoms with Gasteiger partial charge in [-0.25, -0.2) is 14.6 Å². The molecule has 1 saturated carbocycles. The number of nitrogens with zero attached hydrogens (tertiary/aromatic N) is 5. The number of hydrogen-bond acceptors (Lipinski definition) is 7. The van der Waals surface area contributed by atoms with Gasteiger partial charge >= 0.3 is 12.2 Å². The summed E-state index contributed by atoms with van der Waals surface area (Å²) >= 11 is 6.29. The number of halogens is 1. The van der Waals surface area contributed by atoms with Gasteiger partial charge in [0.15, 0.2) is 5.65 Å². The average molecular weight is 597 g/mol. The summed E-state index contributed by atoms with van der Waals surface area (Å²) < 4.78 is 13.2. The molecule has 42 heavy (non-hydrogen) atoms. The second-order valence-electron chi connectivity index (χ2n) is 13.2. The molecule has 1 N–H and O–H groups in total. The van der Waals surface area contributed by atoms with Crippen molar-refractivity contribution in [3.05, 3.63) is 52.7 Å². The molecule has 2 aliphatic rings. The average Bonchev–Trinajstić information content (AvgIpc) is 3.64. The molecule has 1 saturated heterocycles. The van der Waals surface area contributed by atoms with Crippen LogP contribution in [0.4, 0.5) is 21.2 Å². The number of carbonyl (C=O) groups is 2. The van der Waals surface area contributed by atoms with Gasteiger partial charge in [0.1, 0.15) is 22.8 Å². The molecule has 0 unspecified atom stereocenters. The van der Waals surface area contributed by atoms with Crippen LogP contribution in [0, 0.1) is 0 Å². The Bertz CT molecular complexity index is 1460. The first-order valence-electron chi connectivity index (χ1n) is 14.6. The molecule has 0 bridgehead atoms. The molecule has 1 atom stereocenters. The van der Waals surface area contributed by atoms with Crippen molar-refractivity contribution in [3.63, 3.8) is 0 Å². The Morgan fingerprint density at radius 3 is 2.48 bits per heavy atom. The maximum Gasteiger partial charge on any atom is 0.416 e. The Balaban J connectivity index is 1.50. The number of ether oxygens (including phenoxy) is 2. The van der Waals surface area contributed by atoms with Crippen LogP contribution in [-0.2, 0) is 16.0 Å². The number of aromatic nitrogens is 3. The highest BCUT2D eigenvalue weighted by Crippen LogP contribution is 2.42. The van der Waals surface area contributed by atoms with E-state index in [1.165, 1.54) is 0 Å². The molecule has 226 valence electrons. The normalized spacial score (nSPS) is 17.7. The minimum absolute atomic E-state index is 0.0377. The van der Waals surface area contributed by atoms with E-state index in [0.717, 1.165) is 36.8 Å². The third-order valence-corrected chi connectivity index (χ3v) is 7.28. The zero-order chi connectivity index (χ0) is 30.2. The Morgan fingerprint density at radius 1 is 1.07 bits per heavy atom. The third-order valence-electron chi connectivity index (χ3n) is 7.04. The Morgan fingerprint density at radius 2 is 1.81 bits per heavy atom. The van der Waals surface area contributed by atoms with Crippen molar-refractivity contribution in [1.82, 2.24) is 19.5 Å². The van der Waals surface area contributed by atoms with Gasteiger partial charge in [0.25, 0.3) is 0 Å². The third kappa shape index (κ3) is 7.45. The minimum Gasteiger partial charge on any atom is -0.444 e. The summed E-state index contributed by atoms with van der Waals surface area (Å²) in [7, 11) is 0. The topological polar surface area (TPSA) is 101 Å². The summed E-state index contributed by atoms with van der Waals surface area (Å²) in [5.41, 5.74) is 1.35. The summed E-state index contributed by atoms with van der Waals surface area (Å²) in [4.78, 5) is 34.8. The smallest absolute Gasteiger partial charge is 0.416 e. The number of nitrogens with one attached hydrogen (secondary N) is 1. The molecule has 2 fully saturated rings. The molecule has 1 aliphatic carbocycles. The summed E-state index contributed by atoms with van der Waals surface area (Å²) in [5, 5.41) is 8.81. The first-order valence-corrected chi connectivity index (χ1v) is 15.0. The van der Waals surface area contributed by atoms with Crippen molar-refractivity contribution < 1.29 is 19.1 Å². The lowest BCUT2D eigenvalue weighted by atomic mass is 10.1. The zero-order valence-corrected chi connectivity index (χ0v) is 26.1. The highest BCUT2D eigenvalue weighted by molar-refractivity contribution is 6.30. The SMILES string of the molecule is CC(C)(C)OC(=O)N1CCC[C@H](Nc2cc(N(Cc3cccc(Cl)c3)C(=O)OC(C)(C)C)n3ncc(C4CC4)c3n2)C1. The largest absolute Gasteiger partial charge is 0.444 e. The van der Waals surface area contributed by atoms with E-state index in [2.05, 4.69) is 10.4 Å². The van der Waals surface area contributed by atoms with E-state index in [9.17, 15) is 9.59 Å². The van der Waals surface area contributed by atoms with Crippen molar-refractivity contribution >= 4 is 41.1 Å². The number of carbonyl (C=O) groups excluding carboxylic acids is 2. The Kier molecular flexibility index (Phi) is 8.29. The van der Waals surface area contributed by atoms with Crippen LogP contribution in [0.2, 0.25) is 5.02 Å². The summed E-state index contributed by atoms with van der Waals surface area (Å²) in [6.45, 7) is 12.5. The summed E-state index contributed by atoms with van der Waals surface area (Å²) in [6.07, 6.45) is 4.91. The van der Waals surface area contributed by atoms with Crippen LogP contribution in [0.5, 0.6) is 0 Å². The van der Waals surface area contributed by atoms with Crippen molar-refractivity contribution in [3.8, 4) is 0 Å². The molecule has 0 radical (unpaired) electrons. The predicted molar refractivity (Wildman–Crippen MR) is 163 cm³/mol. The summed E-state index contributed by atoms with van der Waals surface area (Å²) in [5.74, 6) is 1.54. The number of amides is 2. The molecule has 3 heterocycles. The van der Waals surface area contributed by atoms with Crippen molar-refractivity contribution in [2.75, 3.05) is 23.3 Å². The van der Waals surface area contributed by atoms with Crippen molar-refractivity contribution in [1.29, 1.82) is 0 Å². The second kappa shape index (κ2) is 11.6. The number of piperidine rings is 1. The van der Waals surface area contributed by atoms with Crippen LogP contribution < -0.4 is 10.2 Å². The molecular formula is C31H41ClN6O4. The highest BCUT2D eigenvalue weighted by atomic mass is 35.5. The lowest BCUT2D eigenvalue weighted by Crippen LogP contribution is -2.47. The van der Waals surface area contributed by atoms with Crippen molar-refractivity contribution in [2.45, 2.75) is 96.9 Å². The van der Waals surface area contributed by atoms with E-state index >= 15 is 0 Å². The second-order valence-corrected chi connectivity index (χ2v) is 13.7. The lowest BCUT2D eigenvalue weighted by molar-refractivity contribution is 0.0206. The van der Waals surface area contributed by atoms with E-state index in [-0.39, 0.29) is 18.7 Å². The van der Waals surface area contributed by atoms with E-state index in [1.807, 2.05) is 72.0 Å². The number of fused-ring (bicyclic) bond motifs is 1. The molecule has 11 heteroatoms. The molecular weight excluding hydrogens is 556 g/mol. The zero-order valence-electron chi connectivity index (χ0n) is 25.3. The molecule has 2 aromatic heterocycles. The van der Waals surface area contributed by atoms with Crippen molar-refractivity contribution in [2.24, 2.45) is 0 Å². The van der Waals surface area contributed by atoms with E-state index < -0.39 is 17.3 Å². The first-order chi connectivity index (χ1) is 19.8. The molecule has 1 aromatic carbocycles. The minimum atomic E-state index is -0.701. The number of likely N-dealkylation sites (tertiary alicyclic amines) is 1. The van der Waals surface area contributed by atoms with Crippen LogP contribution >= 0.6 is 11.6 Å². The Labute approximate surface area is 252 Å². The van der Waals surface area contributed by atoms with Gasteiger partial charge in [-0.15, -0.1) is 0 Å². The standard InChI is InChI=1S/C31H41ClN6O4/c1-30(2,3)41-28(39)36-14-8-11-23(19-36)34-25-16-26(38-27(35-25)24(17-33-38)21-12-13-21)37(29(40)42-31(4,5)6)18-20-9-7-10-22(32)15-20/h7,9-10,15-17,21,23H,8,11-14,18-19H2,1-6H3,(H,34,35)/t23-/m0/s1. The number of anilines is 2. The molecule has 5 rings (SSSR count). The molecule has 10 nitrogen and oxygen atoms in total. The van der Waals surface area contributed by atoms with Crippen LogP contribution in [0.25, 0.3) is 5.65 Å². The van der Waals surface area contributed by atoms with Crippen LogP contribution in [0.3, 0.4) is 0 Å².